The zero-order valence-corrected chi connectivity index (χ0v) is 19.4. The third-order valence-corrected chi connectivity index (χ3v) is 7.39. The molecule has 1 amide bonds. The van der Waals surface area contributed by atoms with E-state index in [1.165, 1.54) is 5.56 Å². The molecule has 1 unspecified atom stereocenters. The van der Waals surface area contributed by atoms with Crippen molar-refractivity contribution in [3.63, 3.8) is 0 Å². The molecule has 6 heteroatoms. The lowest BCUT2D eigenvalue weighted by Gasteiger charge is -2.44. The highest BCUT2D eigenvalue weighted by Crippen LogP contribution is 2.40. The second kappa shape index (κ2) is 10.4. The van der Waals surface area contributed by atoms with Gasteiger partial charge in [-0.15, -0.1) is 0 Å². The van der Waals surface area contributed by atoms with E-state index in [2.05, 4.69) is 11.0 Å². The number of hydrogen-bond donors (Lipinski definition) is 0. The fourth-order valence-corrected chi connectivity index (χ4v) is 5.24. The Hall–Kier alpha value is -1.59. The van der Waals surface area contributed by atoms with Crippen LogP contribution in [0.5, 0.6) is 0 Å². The smallest absolute Gasteiger partial charge is 0.253 e. The number of carbonyl (C=O) groups excluding carboxylic acids is 1. The van der Waals surface area contributed by atoms with Crippen LogP contribution < -0.4 is 0 Å². The minimum absolute atomic E-state index is 0.108. The highest BCUT2D eigenvalue weighted by Gasteiger charge is 2.39. The molecule has 4 nitrogen and oxygen atoms in total. The minimum Gasteiger partial charge on any atom is -0.379 e. The predicted octanol–water partition coefficient (Wildman–Crippen LogP) is 5.28. The topological polar surface area (TPSA) is 32.8 Å². The molecule has 0 N–H and O–H groups in total. The Bertz CT molecular complexity index is 886. The molecule has 0 saturated carbocycles. The van der Waals surface area contributed by atoms with E-state index in [1.807, 2.05) is 47.4 Å². The molecule has 2 saturated heterocycles. The summed E-state index contributed by atoms with van der Waals surface area (Å²) in [5.41, 5.74) is 1.83. The Morgan fingerprint density at radius 3 is 2.52 bits per heavy atom. The zero-order chi connectivity index (χ0) is 21.7. The highest BCUT2D eigenvalue weighted by molar-refractivity contribution is 6.42. The Labute approximate surface area is 195 Å². The molecular formula is C25H30Cl2N2O2. The van der Waals surface area contributed by atoms with Gasteiger partial charge in [0.15, 0.2) is 0 Å². The first kappa shape index (κ1) is 22.6. The number of amides is 1. The lowest BCUT2D eigenvalue weighted by Crippen LogP contribution is -2.49. The Morgan fingerprint density at radius 2 is 1.77 bits per heavy atom. The van der Waals surface area contributed by atoms with Gasteiger partial charge in [0, 0.05) is 37.2 Å². The van der Waals surface area contributed by atoms with Crippen LogP contribution in [-0.4, -0.2) is 61.6 Å². The van der Waals surface area contributed by atoms with E-state index < -0.39 is 0 Å². The number of piperidine rings is 1. The third-order valence-electron chi connectivity index (χ3n) is 6.65. The number of rotatable bonds is 6. The first-order valence-electron chi connectivity index (χ1n) is 11.2. The maximum Gasteiger partial charge on any atom is 0.253 e. The van der Waals surface area contributed by atoms with Crippen molar-refractivity contribution in [2.24, 2.45) is 0 Å². The predicted molar refractivity (Wildman–Crippen MR) is 126 cm³/mol. The highest BCUT2D eigenvalue weighted by atomic mass is 35.5. The van der Waals surface area contributed by atoms with Crippen molar-refractivity contribution in [3.05, 3.63) is 69.7 Å². The lowest BCUT2D eigenvalue weighted by atomic mass is 9.71. The van der Waals surface area contributed by atoms with Gasteiger partial charge in [0.2, 0.25) is 0 Å². The summed E-state index contributed by atoms with van der Waals surface area (Å²) in [6, 6.07) is 15.6. The first-order valence-corrected chi connectivity index (χ1v) is 11.9. The number of hydrogen-bond acceptors (Lipinski definition) is 3. The van der Waals surface area contributed by atoms with Gasteiger partial charge in [0.1, 0.15) is 0 Å². The van der Waals surface area contributed by atoms with Gasteiger partial charge in [-0.05, 0) is 62.1 Å². The fourth-order valence-electron chi connectivity index (χ4n) is 4.94. The van der Waals surface area contributed by atoms with E-state index in [1.54, 1.807) is 0 Å². The maximum atomic E-state index is 13.2. The molecule has 2 aliphatic heterocycles. The van der Waals surface area contributed by atoms with Crippen molar-refractivity contribution >= 4 is 29.1 Å². The summed E-state index contributed by atoms with van der Waals surface area (Å²) < 4.78 is 5.48. The number of morpholine rings is 1. The zero-order valence-electron chi connectivity index (χ0n) is 17.9. The van der Waals surface area contributed by atoms with Crippen LogP contribution in [0.3, 0.4) is 0 Å². The van der Waals surface area contributed by atoms with Crippen molar-refractivity contribution in [1.29, 1.82) is 0 Å². The summed E-state index contributed by atoms with van der Waals surface area (Å²) in [4.78, 5) is 17.7. The summed E-state index contributed by atoms with van der Waals surface area (Å²) in [6.45, 7) is 6.19. The SMILES string of the molecule is O=C(c1ccccc1)N1CCCC(CCCN2CCOCC2)(c2ccc(Cl)c(Cl)c2)C1. The van der Waals surface area contributed by atoms with E-state index in [9.17, 15) is 4.79 Å². The van der Waals surface area contributed by atoms with Gasteiger partial charge in [-0.2, -0.15) is 0 Å². The molecule has 4 rings (SSSR count). The maximum absolute atomic E-state index is 13.2. The largest absolute Gasteiger partial charge is 0.379 e. The van der Waals surface area contributed by atoms with Crippen molar-refractivity contribution in [1.82, 2.24) is 9.80 Å². The van der Waals surface area contributed by atoms with Gasteiger partial charge in [0.25, 0.3) is 5.91 Å². The quantitative estimate of drug-likeness (QED) is 0.587. The molecule has 0 aliphatic carbocycles. The normalized spacial score (nSPS) is 22.5. The van der Waals surface area contributed by atoms with Crippen molar-refractivity contribution < 1.29 is 9.53 Å². The molecule has 0 spiro atoms. The molecule has 2 aromatic carbocycles. The molecule has 2 heterocycles. The Balaban J connectivity index is 1.55. The molecule has 166 valence electrons. The van der Waals surface area contributed by atoms with E-state index in [0.29, 0.717) is 16.6 Å². The van der Waals surface area contributed by atoms with Gasteiger partial charge >= 0.3 is 0 Å². The van der Waals surface area contributed by atoms with Gasteiger partial charge in [0.05, 0.1) is 23.3 Å². The van der Waals surface area contributed by atoms with E-state index in [-0.39, 0.29) is 11.3 Å². The minimum atomic E-state index is -0.108. The van der Waals surface area contributed by atoms with Gasteiger partial charge in [-0.1, -0.05) is 47.5 Å². The lowest BCUT2D eigenvalue weighted by molar-refractivity contribution is 0.0348. The average molecular weight is 461 g/mol. The average Bonchev–Trinajstić information content (AvgIpc) is 2.82. The van der Waals surface area contributed by atoms with Crippen LogP contribution in [0.2, 0.25) is 10.0 Å². The molecule has 31 heavy (non-hydrogen) atoms. The van der Waals surface area contributed by atoms with Crippen LogP contribution in [0, 0.1) is 0 Å². The second-order valence-corrected chi connectivity index (χ2v) is 9.48. The molecule has 1 atom stereocenters. The van der Waals surface area contributed by atoms with Crippen LogP contribution in [0.15, 0.2) is 48.5 Å². The van der Waals surface area contributed by atoms with Crippen LogP contribution >= 0.6 is 23.2 Å². The molecule has 0 bridgehead atoms. The number of ether oxygens (including phenoxy) is 1. The number of carbonyl (C=O) groups is 1. The van der Waals surface area contributed by atoms with Gasteiger partial charge < -0.3 is 9.64 Å². The van der Waals surface area contributed by atoms with Crippen LogP contribution in [0.1, 0.15) is 41.6 Å². The third kappa shape index (κ3) is 5.43. The number of nitrogens with zero attached hydrogens (tertiary/aromatic N) is 2. The van der Waals surface area contributed by atoms with E-state index in [0.717, 1.165) is 70.6 Å². The number of likely N-dealkylation sites (tertiary alicyclic amines) is 1. The summed E-state index contributed by atoms with van der Waals surface area (Å²) in [7, 11) is 0. The summed E-state index contributed by atoms with van der Waals surface area (Å²) in [6.07, 6.45) is 4.12. The molecule has 2 aromatic rings. The van der Waals surface area contributed by atoms with Gasteiger partial charge in [-0.3, -0.25) is 9.69 Å². The Kier molecular flexibility index (Phi) is 7.55. The van der Waals surface area contributed by atoms with Crippen molar-refractivity contribution in [2.45, 2.75) is 31.1 Å². The van der Waals surface area contributed by atoms with Gasteiger partial charge in [-0.25, -0.2) is 0 Å². The van der Waals surface area contributed by atoms with Crippen LogP contribution in [0.25, 0.3) is 0 Å². The molecule has 0 radical (unpaired) electrons. The van der Waals surface area contributed by atoms with E-state index in [4.69, 9.17) is 27.9 Å². The monoisotopic (exact) mass is 460 g/mol. The van der Waals surface area contributed by atoms with Crippen molar-refractivity contribution in [3.8, 4) is 0 Å². The van der Waals surface area contributed by atoms with Crippen molar-refractivity contribution in [2.75, 3.05) is 45.9 Å². The summed E-state index contributed by atoms with van der Waals surface area (Å²) >= 11 is 12.6. The second-order valence-electron chi connectivity index (χ2n) is 8.66. The first-order chi connectivity index (χ1) is 15.1. The number of benzene rings is 2. The molecule has 2 fully saturated rings. The summed E-state index contributed by atoms with van der Waals surface area (Å²) in [5, 5.41) is 1.15. The molecular weight excluding hydrogens is 431 g/mol. The fraction of sp³-hybridized carbons (Fsp3) is 0.480. The summed E-state index contributed by atoms with van der Waals surface area (Å²) in [5.74, 6) is 0.109. The molecule has 2 aliphatic rings. The standard InChI is InChI=1S/C25H30Cl2N2O2/c26-22-9-8-21(18-23(22)27)25(10-4-12-28-14-16-31-17-15-28)11-5-13-29(19-25)24(30)20-6-2-1-3-7-20/h1-3,6-9,18H,4-5,10-17,19H2. The number of halogens is 2. The Morgan fingerprint density at radius 1 is 1.00 bits per heavy atom. The van der Waals surface area contributed by atoms with Crippen LogP contribution in [0.4, 0.5) is 0 Å². The molecule has 0 aromatic heterocycles. The van der Waals surface area contributed by atoms with E-state index >= 15 is 0 Å². The van der Waals surface area contributed by atoms with Crippen LogP contribution in [-0.2, 0) is 10.2 Å².